The molecule has 1 atom stereocenters. The zero-order valence-electron chi connectivity index (χ0n) is 10.5. The van der Waals surface area contributed by atoms with E-state index in [1.165, 1.54) is 12.1 Å². The quantitative estimate of drug-likeness (QED) is 0.826. The SMILES string of the molecule is CC1CN(c2cnn(C(C)C)c2)CCCN1. The number of anilines is 1. The van der Waals surface area contributed by atoms with Crippen LogP contribution in [0, 0.1) is 0 Å². The van der Waals surface area contributed by atoms with Gasteiger partial charge in [-0.1, -0.05) is 0 Å². The van der Waals surface area contributed by atoms with Crippen LogP contribution in [0.3, 0.4) is 0 Å². The summed E-state index contributed by atoms with van der Waals surface area (Å²) in [6.07, 6.45) is 5.35. The summed E-state index contributed by atoms with van der Waals surface area (Å²) in [5.74, 6) is 0. The van der Waals surface area contributed by atoms with Crippen LogP contribution in [0.1, 0.15) is 33.2 Å². The summed E-state index contributed by atoms with van der Waals surface area (Å²) in [7, 11) is 0. The van der Waals surface area contributed by atoms with Gasteiger partial charge in [0.2, 0.25) is 0 Å². The third kappa shape index (κ3) is 2.55. The summed E-state index contributed by atoms with van der Waals surface area (Å²) in [6, 6.07) is 1.00. The molecule has 2 heterocycles. The highest BCUT2D eigenvalue weighted by atomic mass is 15.3. The van der Waals surface area contributed by atoms with Crippen LogP contribution in [0.5, 0.6) is 0 Å². The van der Waals surface area contributed by atoms with E-state index in [9.17, 15) is 0 Å². The first-order valence-corrected chi connectivity index (χ1v) is 6.19. The fourth-order valence-electron chi connectivity index (χ4n) is 2.11. The monoisotopic (exact) mass is 222 g/mol. The first kappa shape index (κ1) is 11.5. The van der Waals surface area contributed by atoms with E-state index in [-0.39, 0.29) is 0 Å². The molecule has 0 spiro atoms. The van der Waals surface area contributed by atoms with Crippen molar-refractivity contribution in [2.45, 2.75) is 39.3 Å². The van der Waals surface area contributed by atoms with Crippen LogP contribution in [0.25, 0.3) is 0 Å². The van der Waals surface area contributed by atoms with Crippen LogP contribution >= 0.6 is 0 Å². The maximum absolute atomic E-state index is 4.40. The minimum Gasteiger partial charge on any atom is -0.367 e. The predicted molar refractivity (Wildman–Crippen MR) is 66.9 cm³/mol. The number of nitrogens with one attached hydrogen (secondary N) is 1. The van der Waals surface area contributed by atoms with Crippen LogP contribution in [0.4, 0.5) is 5.69 Å². The molecule has 1 aromatic heterocycles. The van der Waals surface area contributed by atoms with E-state index in [2.05, 4.69) is 42.3 Å². The maximum Gasteiger partial charge on any atom is 0.0753 e. The Morgan fingerprint density at radius 3 is 3.00 bits per heavy atom. The highest BCUT2D eigenvalue weighted by Gasteiger charge is 2.15. The van der Waals surface area contributed by atoms with Crippen LogP contribution in [0.15, 0.2) is 12.4 Å². The molecule has 2 rings (SSSR count). The van der Waals surface area contributed by atoms with E-state index in [4.69, 9.17) is 0 Å². The van der Waals surface area contributed by atoms with E-state index in [0.29, 0.717) is 12.1 Å². The van der Waals surface area contributed by atoms with E-state index < -0.39 is 0 Å². The van der Waals surface area contributed by atoms with Gasteiger partial charge in [0, 0.05) is 31.4 Å². The van der Waals surface area contributed by atoms with E-state index in [1.807, 2.05) is 10.9 Å². The van der Waals surface area contributed by atoms with Crippen molar-refractivity contribution in [1.82, 2.24) is 15.1 Å². The molecule has 4 nitrogen and oxygen atoms in total. The second kappa shape index (κ2) is 4.87. The molecule has 0 saturated carbocycles. The van der Waals surface area contributed by atoms with E-state index in [1.54, 1.807) is 0 Å². The van der Waals surface area contributed by atoms with Crippen LogP contribution in [-0.4, -0.2) is 35.5 Å². The van der Waals surface area contributed by atoms with Gasteiger partial charge in [-0.25, -0.2) is 0 Å². The van der Waals surface area contributed by atoms with Crippen molar-refractivity contribution in [3.05, 3.63) is 12.4 Å². The second-order valence-electron chi connectivity index (χ2n) is 4.93. The lowest BCUT2D eigenvalue weighted by molar-refractivity contribution is 0.532. The Balaban J connectivity index is 2.09. The van der Waals surface area contributed by atoms with Crippen molar-refractivity contribution in [2.24, 2.45) is 0 Å². The maximum atomic E-state index is 4.40. The predicted octanol–water partition coefficient (Wildman–Crippen LogP) is 1.65. The summed E-state index contributed by atoms with van der Waals surface area (Å²) in [5.41, 5.74) is 1.25. The molecule has 0 aromatic carbocycles. The minimum atomic E-state index is 0.441. The topological polar surface area (TPSA) is 33.1 Å². The van der Waals surface area contributed by atoms with E-state index >= 15 is 0 Å². The largest absolute Gasteiger partial charge is 0.367 e. The lowest BCUT2D eigenvalue weighted by Gasteiger charge is -2.22. The van der Waals surface area contributed by atoms with Gasteiger partial charge >= 0.3 is 0 Å². The molecule has 90 valence electrons. The Bertz CT molecular complexity index is 332. The summed E-state index contributed by atoms with van der Waals surface area (Å²) in [5, 5.41) is 7.91. The Morgan fingerprint density at radius 2 is 2.31 bits per heavy atom. The zero-order chi connectivity index (χ0) is 11.5. The molecule has 0 radical (unpaired) electrons. The van der Waals surface area contributed by atoms with Crippen LogP contribution in [0.2, 0.25) is 0 Å². The third-order valence-electron chi connectivity index (χ3n) is 3.07. The third-order valence-corrected chi connectivity index (χ3v) is 3.07. The molecule has 0 amide bonds. The van der Waals surface area contributed by atoms with Crippen molar-refractivity contribution in [3.63, 3.8) is 0 Å². The van der Waals surface area contributed by atoms with Crippen molar-refractivity contribution in [1.29, 1.82) is 0 Å². The summed E-state index contributed by atoms with van der Waals surface area (Å²) < 4.78 is 2.03. The highest BCUT2D eigenvalue weighted by molar-refractivity contribution is 5.42. The van der Waals surface area contributed by atoms with Gasteiger partial charge in [0.15, 0.2) is 0 Å². The standard InChI is InChI=1S/C12H22N4/c1-10(2)16-9-12(7-14-16)15-6-4-5-13-11(3)8-15/h7,9-11,13H,4-6,8H2,1-3H3. The Kier molecular flexibility index (Phi) is 3.49. The van der Waals surface area contributed by atoms with Gasteiger partial charge in [-0.2, -0.15) is 5.10 Å². The first-order valence-electron chi connectivity index (χ1n) is 6.19. The molecule has 1 aliphatic rings. The summed E-state index contributed by atoms with van der Waals surface area (Å²) >= 11 is 0. The fraction of sp³-hybridized carbons (Fsp3) is 0.750. The average molecular weight is 222 g/mol. The summed E-state index contributed by atoms with van der Waals surface area (Å²) in [6.45, 7) is 9.87. The van der Waals surface area contributed by atoms with Gasteiger partial charge in [0.05, 0.1) is 11.9 Å². The number of rotatable bonds is 2. The van der Waals surface area contributed by atoms with Gasteiger partial charge in [-0.3, -0.25) is 4.68 Å². The smallest absolute Gasteiger partial charge is 0.0753 e. The van der Waals surface area contributed by atoms with Crippen molar-refractivity contribution in [2.75, 3.05) is 24.5 Å². The van der Waals surface area contributed by atoms with Crippen molar-refractivity contribution in [3.8, 4) is 0 Å². The number of hydrogen-bond donors (Lipinski definition) is 1. The Hall–Kier alpha value is -1.03. The molecule has 1 N–H and O–H groups in total. The fourth-order valence-corrected chi connectivity index (χ4v) is 2.11. The Labute approximate surface area is 97.6 Å². The van der Waals surface area contributed by atoms with Crippen molar-refractivity contribution < 1.29 is 0 Å². The highest BCUT2D eigenvalue weighted by Crippen LogP contribution is 2.17. The molecule has 16 heavy (non-hydrogen) atoms. The molecule has 1 fully saturated rings. The van der Waals surface area contributed by atoms with E-state index in [0.717, 1.165) is 19.6 Å². The Morgan fingerprint density at radius 1 is 1.50 bits per heavy atom. The molecule has 0 aliphatic carbocycles. The zero-order valence-corrected chi connectivity index (χ0v) is 10.5. The van der Waals surface area contributed by atoms with Gasteiger partial charge < -0.3 is 10.2 Å². The summed E-state index contributed by atoms with van der Waals surface area (Å²) in [4.78, 5) is 2.43. The normalized spacial score (nSPS) is 22.5. The molecule has 1 unspecified atom stereocenters. The lowest BCUT2D eigenvalue weighted by Crippen LogP contribution is -2.35. The van der Waals surface area contributed by atoms with Gasteiger partial charge in [-0.15, -0.1) is 0 Å². The molecule has 4 heteroatoms. The van der Waals surface area contributed by atoms with Crippen molar-refractivity contribution >= 4 is 5.69 Å². The lowest BCUT2D eigenvalue weighted by atomic mass is 10.3. The number of nitrogens with zero attached hydrogens (tertiary/aromatic N) is 3. The van der Waals surface area contributed by atoms with Crippen LogP contribution in [-0.2, 0) is 0 Å². The van der Waals surface area contributed by atoms with Gasteiger partial charge in [0.1, 0.15) is 0 Å². The number of aromatic nitrogens is 2. The minimum absolute atomic E-state index is 0.441. The molecule has 0 bridgehead atoms. The molecule has 1 aromatic rings. The molecular weight excluding hydrogens is 200 g/mol. The molecule has 1 saturated heterocycles. The average Bonchev–Trinajstić information content (AvgIpc) is 2.63. The molecule has 1 aliphatic heterocycles. The molecular formula is C12H22N4. The van der Waals surface area contributed by atoms with Gasteiger partial charge in [-0.05, 0) is 33.7 Å². The number of hydrogen-bond acceptors (Lipinski definition) is 3. The second-order valence-corrected chi connectivity index (χ2v) is 4.93. The van der Waals surface area contributed by atoms with Gasteiger partial charge in [0.25, 0.3) is 0 Å². The van der Waals surface area contributed by atoms with Crippen LogP contribution < -0.4 is 10.2 Å². The first-order chi connectivity index (χ1) is 7.66.